The highest BCUT2D eigenvalue weighted by Crippen LogP contribution is 2.69. The van der Waals surface area contributed by atoms with Gasteiger partial charge in [-0.15, -0.1) is 0 Å². The Labute approximate surface area is 277 Å². The Bertz CT molecular complexity index is 1520. The molecule has 48 heavy (non-hydrogen) atoms. The quantitative estimate of drug-likeness (QED) is 0.283. The normalized spacial score (nSPS) is 33.9. The van der Waals surface area contributed by atoms with Crippen molar-refractivity contribution in [1.29, 1.82) is 0 Å². The molecule has 1 aliphatic heterocycles. The van der Waals surface area contributed by atoms with Crippen LogP contribution in [0.1, 0.15) is 88.4 Å². The van der Waals surface area contributed by atoms with Crippen molar-refractivity contribution in [1.82, 2.24) is 0 Å². The van der Waals surface area contributed by atoms with E-state index in [1.54, 1.807) is 27.7 Å². The summed E-state index contributed by atoms with van der Waals surface area (Å²) in [7, 11) is 0. The highest BCUT2D eigenvalue weighted by Gasteiger charge is 2.86. The van der Waals surface area contributed by atoms with E-state index in [2.05, 4.69) is 0 Å². The zero-order valence-electron chi connectivity index (χ0n) is 28.0. The largest absolute Gasteiger partial charge is 0.472 e. The van der Waals surface area contributed by atoms with Crippen molar-refractivity contribution >= 4 is 29.8 Å². The molecule has 5 rings (SSSR count). The van der Waals surface area contributed by atoms with Gasteiger partial charge in [-0.2, -0.15) is 0 Å². The van der Waals surface area contributed by atoms with Crippen molar-refractivity contribution in [2.75, 3.05) is 6.61 Å². The molecule has 2 aliphatic carbocycles. The van der Waals surface area contributed by atoms with Gasteiger partial charge in [-0.05, 0) is 45.7 Å². The SMILES string of the molecule is CC[C@@H](C)C(=O)O[C@H]1[C@@H](OC(=O)c2ccoc2)C[C@](C)(O)[C@]23OC(C)(C)[C@H](C[C@H](OC(=O)c4ccoc4)[C@]12COC(C)=O)[C@H]3OC(C)=O. The smallest absolute Gasteiger partial charge is 0.341 e. The van der Waals surface area contributed by atoms with E-state index in [9.17, 15) is 29.1 Å². The van der Waals surface area contributed by atoms with Crippen LogP contribution in [0.15, 0.2) is 46.0 Å². The summed E-state index contributed by atoms with van der Waals surface area (Å²) in [5.74, 6) is -5.18. The van der Waals surface area contributed by atoms with Crippen molar-refractivity contribution in [2.24, 2.45) is 17.3 Å². The van der Waals surface area contributed by atoms with Gasteiger partial charge in [0.15, 0.2) is 11.7 Å². The first-order valence-electron chi connectivity index (χ1n) is 15.9. The van der Waals surface area contributed by atoms with Crippen LogP contribution in [0.4, 0.5) is 0 Å². The van der Waals surface area contributed by atoms with Crippen molar-refractivity contribution in [3.8, 4) is 0 Å². The first kappa shape index (κ1) is 35.1. The molecule has 1 N–H and O–H groups in total. The molecule has 1 spiro atoms. The standard InChI is InChI=1S/C34H42O14/c1-8-18(2)28(37)47-27-24(45-29(38)21-9-11-41-15-21)14-32(7,40)34-26(44-20(4)36)23(31(5,6)48-34)13-25(33(27,34)17-43-19(3)35)46-30(39)22-10-12-42-16-22/h9-12,15-16,18,23-27,40H,8,13-14,17H2,1-7H3/t18-,23-,24+,25+,26-,27+,32+,33-,34+/m1/s1. The second-order valence-electron chi connectivity index (χ2n) is 13.6. The lowest BCUT2D eigenvalue weighted by atomic mass is 9.46. The van der Waals surface area contributed by atoms with Crippen LogP contribution in [0.5, 0.6) is 0 Å². The summed E-state index contributed by atoms with van der Waals surface area (Å²) in [6.07, 6.45) is -0.729. The number of esters is 5. The fourth-order valence-electron chi connectivity index (χ4n) is 7.80. The van der Waals surface area contributed by atoms with Gasteiger partial charge < -0.3 is 42.4 Å². The van der Waals surface area contributed by atoms with Crippen LogP contribution in [-0.4, -0.2) is 82.8 Å². The van der Waals surface area contributed by atoms with E-state index < -0.39 is 94.9 Å². The van der Waals surface area contributed by atoms with Gasteiger partial charge in [-0.25, -0.2) is 9.59 Å². The molecular formula is C34H42O14. The van der Waals surface area contributed by atoms with Crippen LogP contribution in [0.2, 0.25) is 0 Å². The summed E-state index contributed by atoms with van der Waals surface area (Å²) in [5.41, 5.74) is -7.21. The van der Waals surface area contributed by atoms with Gasteiger partial charge in [-0.3, -0.25) is 14.4 Å². The van der Waals surface area contributed by atoms with Crippen molar-refractivity contribution in [3.05, 3.63) is 48.3 Å². The maximum atomic E-state index is 13.7. The van der Waals surface area contributed by atoms with Crippen LogP contribution in [0.3, 0.4) is 0 Å². The number of carbonyl (C=O) groups is 5. The fourth-order valence-corrected chi connectivity index (χ4v) is 7.80. The van der Waals surface area contributed by atoms with Gasteiger partial charge in [0.25, 0.3) is 0 Å². The van der Waals surface area contributed by atoms with E-state index in [4.69, 9.17) is 37.3 Å². The lowest BCUT2D eigenvalue weighted by Crippen LogP contribution is -2.83. The Balaban J connectivity index is 1.80. The molecule has 9 atom stereocenters. The van der Waals surface area contributed by atoms with E-state index in [0.29, 0.717) is 6.42 Å². The van der Waals surface area contributed by atoms with Gasteiger partial charge in [0, 0.05) is 26.2 Å². The Morgan fingerprint density at radius 2 is 1.50 bits per heavy atom. The second-order valence-corrected chi connectivity index (χ2v) is 13.6. The molecule has 1 saturated heterocycles. The third kappa shape index (κ3) is 5.68. The van der Waals surface area contributed by atoms with Crippen molar-refractivity contribution in [3.63, 3.8) is 0 Å². The third-order valence-electron chi connectivity index (χ3n) is 10.1. The molecule has 0 unspecified atom stereocenters. The number of carbonyl (C=O) groups excluding carboxylic acids is 5. The summed E-state index contributed by atoms with van der Waals surface area (Å²) in [6.45, 7) is 10.0. The zero-order chi connectivity index (χ0) is 35.2. The molecule has 262 valence electrons. The molecule has 14 heteroatoms. The van der Waals surface area contributed by atoms with E-state index in [-0.39, 0.29) is 24.0 Å². The number of fused-ring (bicyclic) bond motifs is 1. The molecule has 3 fully saturated rings. The first-order chi connectivity index (χ1) is 22.5. The van der Waals surface area contributed by atoms with E-state index in [1.165, 1.54) is 51.0 Å². The Morgan fingerprint density at radius 1 is 0.896 bits per heavy atom. The lowest BCUT2D eigenvalue weighted by molar-refractivity contribution is -0.355. The number of aliphatic hydroxyl groups is 1. The minimum Gasteiger partial charge on any atom is -0.472 e. The molecule has 2 saturated carbocycles. The zero-order valence-corrected chi connectivity index (χ0v) is 28.0. The highest BCUT2D eigenvalue weighted by atomic mass is 16.6. The summed E-state index contributed by atoms with van der Waals surface area (Å²) in [4.78, 5) is 66.1. The van der Waals surface area contributed by atoms with Crippen molar-refractivity contribution < 1.29 is 66.3 Å². The summed E-state index contributed by atoms with van der Waals surface area (Å²) in [6, 6.07) is 2.77. The molecule has 2 aromatic rings. The lowest BCUT2D eigenvalue weighted by Gasteiger charge is -2.65. The minimum absolute atomic E-state index is 0.0404. The summed E-state index contributed by atoms with van der Waals surface area (Å²) in [5, 5.41) is 12.7. The topological polar surface area (TPSA) is 187 Å². The maximum absolute atomic E-state index is 13.7. The summed E-state index contributed by atoms with van der Waals surface area (Å²) < 4.78 is 47.2. The number of hydrogen-bond donors (Lipinski definition) is 1. The van der Waals surface area contributed by atoms with Crippen LogP contribution in [0, 0.1) is 17.3 Å². The molecule has 0 radical (unpaired) electrons. The van der Waals surface area contributed by atoms with Gasteiger partial charge in [0.1, 0.15) is 42.9 Å². The molecular weight excluding hydrogens is 632 g/mol. The fraction of sp³-hybridized carbons (Fsp3) is 0.618. The van der Waals surface area contributed by atoms with Gasteiger partial charge in [-0.1, -0.05) is 13.8 Å². The van der Waals surface area contributed by atoms with Crippen LogP contribution < -0.4 is 0 Å². The number of hydrogen-bond acceptors (Lipinski definition) is 14. The monoisotopic (exact) mass is 674 g/mol. The molecule has 0 aromatic carbocycles. The van der Waals surface area contributed by atoms with E-state index in [0.717, 1.165) is 6.92 Å². The second kappa shape index (κ2) is 12.7. The number of ether oxygens (including phenoxy) is 6. The predicted molar refractivity (Wildman–Crippen MR) is 161 cm³/mol. The predicted octanol–water partition coefficient (Wildman–Crippen LogP) is 3.78. The molecule has 14 nitrogen and oxygen atoms in total. The molecule has 3 heterocycles. The van der Waals surface area contributed by atoms with Crippen LogP contribution in [-0.2, 0) is 42.8 Å². The Hall–Kier alpha value is -4.17. The van der Waals surface area contributed by atoms with Crippen LogP contribution >= 0.6 is 0 Å². The molecule has 2 aromatic heterocycles. The average molecular weight is 675 g/mol. The maximum Gasteiger partial charge on any atom is 0.341 e. The van der Waals surface area contributed by atoms with Crippen LogP contribution in [0.25, 0.3) is 0 Å². The molecule has 2 bridgehead atoms. The minimum atomic E-state index is -2.07. The number of furan rings is 2. The Morgan fingerprint density at radius 3 is 2.02 bits per heavy atom. The average Bonchev–Trinajstić information content (AvgIpc) is 3.76. The Kier molecular flexibility index (Phi) is 9.30. The van der Waals surface area contributed by atoms with E-state index in [1.807, 2.05) is 0 Å². The van der Waals surface area contributed by atoms with Crippen molar-refractivity contribution in [2.45, 2.75) is 109 Å². The van der Waals surface area contributed by atoms with Gasteiger partial charge >= 0.3 is 29.8 Å². The summed E-state index contributed by atoms with van der Waals surface area (Å²) >= 11 is 0. The van der Waals surface area contributed by atoms with E-state index >= 15 is 0 Å². The molecule has 3 aliphatic rings. The third-order valence-corrected chi connectivity index (χ3v) is 10.1. The first-order valence-corrected chi connectivity index (χ1v) is 15.9. The van der Waals surface area contributed by atoms with Gasteiger partial charge in [0.2, 0.25) is 0 Å². The highest BCUT2D eigenvalue weighted by molar-refractivity contribution is 5.89. The van der Waals surface area contributed by atoms with Gasteiger partial charge in [0.05, 0.1) is 40.8 Å². The number of rotatable bonds is 10. The molecule has 0 amide bonds.